The van der Waals surface area contributed by atoms with Crippen molar-refractivity contribution in [3.05, 3.63) is 0 Å². The summed E-state index contributed by atoms with van der Waals surface area (Å²) in [6.45, 7) is 9.96. The fourth-order valence-corrected chi connectivity index (χ4v) is 2.18. The maximum Gasteiger partial charge on any atom is 0.0593 e. The molecule has 0 aliphatic heterocycles. The molecule has 3 nitrogen and oxygen atoms in total. The Hall–Kier alpha value is -0.120. The lowest BCUT2D eigenvalue weighted by atomic mass is 9.82. The van der Waals surface area contributed by atoms with Crippen molar-refractivity contribution >= 4 is 0 Å². The number of likely N-dealkylation sites (N-methyl/N-ethyl adjacent to an activating group) is 1. The van der Waals surface area contributed by atoms with Crippen LogP contribution in [0.15, 0.2) is 0 Å². The quantitative estimate of drug-likeness (QED) is 0.652. The standard InChI is InChI=1S/C12H26N2O/c1-5-15-9-8-14(4)12(3,10-13)11(2)6-7-11/h5-10,13H2,1-4H3. The van der Waals surface area contributed by atoms with Crippen molar-refractivity contribution in [1.29, 1.82) is 0 Å². The van der Waals surface area contributed by atoms with Gasteiger partial charge in [0, 0.05) is 25.2 Å². The highest BCUT2D eigenvalue weighted by Crippen LogP contribution is 2.55. The van der Waals surface area contributed by atoms with Crippen LogP contribution in [0.1, 0.15) is 33.6 Å². The van der Waals surface area contributed by atoms with Gasteiger partial charge in [-0.15, -0.1) is 0 Å². The Morgan fingerprint density at radius 1 is 1.47 bits per heavy atom. The van der Waals surface area contributed by atoms with Gasteiger partial charge in [0.05, 0.1) is 6.61 Å². The molecule has 1 rings (SSSR count). The summed E-state index contributed by atoms with van der Waals surface area (Å²) in [5.41, 5.74) is 6.50. The van der Waals surface area contributed by atoms with E-state index in [9.17, 15) is 0 Å². The number of rotatable bonds is 7. The molecular formula is C12H26N2O. The summed E-state index contributed by atoms with van der Waals surface area (Å²) in [4.78, 5) is 2.37. The zero-order valence-electron chi connectivity index (χ0n) is 10.7. The molecule has 0 saturated heterocycles. The zero-order valence-corrected chi connectivity index (χ0v) is 10.7. The highest BCUT2D eigenvalue weighted by Gasteiger charge is 2.53. The van der Waals surface area contributed by atoms with Crippen LogP contribution in [0.2, 0.25) is 0 Å². The number of ether oxygens (including phenoxy) is 1. The zero-order chi connectivity index (χ0) is 11.5. The molecule has 1 saturated carbocycles. The summed E-state index contributed by atoms with van der Waals surface area (Å²) in [5, 5.41) is 0. The summed E-state index contributed by atoms with van der Waals surface area (Å²) >= 11 is 0. The minimum atomic E-state index is 0.129. The van der Waals surface area contributed by atoms with Crippen LogP contribution >= 0.6 is 0 Å². The third kappa shape index (κ3) is 2.52. The van der Waals surface area contributed by atoms with Gasteiger partial charge in [0.1, 0.15) is 0 Å². The van der Waals surface area contributed by atoms with Crippen LogP contribution < -0.4 is 5.73 Å². The largest absolute Gasteiger partial charge is 0.380 e. The van der Waals surface area contributed by atoms with Crippen LogP contribution in [0.3, 0.4) is 0 Å². The van der Waals surface area contributed by atoms with E-state index in [1.165, 1.54) is 12.8 Å². The Morgan fingerprint density at radius 2 is 2.07 bits per heavy atom. The number of hydrogen-bond acceptors (Lipinski definition) is 3. The molecule has 90 valence electrons. The van der Waals surface area contributed by atoms with E-state index in [0.717, 1.165) is 26.3 Å². The van der Waals surface area contributed by atoms with Crippen LogP contribution in [0.5, 0.6) is 0 Å². The molecule has 1 unspecified atom stereocenters. The summed E-state index contributed by atoms with van der Waals surface area (Å²) in [7, 11) is 2.16. The summed E-state index contributed by atoms with van der Waals surface area (Å²) in [6.07, 6.45) is 2.61. The van der Waals surface area contributed by atoms with Gasteiger partial charge in [0.15, 0.2) is 0 Å². The van der Waals surface area contributed by atoms with E-state index < -0.39 is 0 Å². The molecule has 0 aromatic heterocycles. The second-order valence-corrected chi connectivity index (χ2v) is 5.16. The van der Waals surface area contributed by atoms with Crippen LogP contribution in [-0.4, -0.2) is 43.8 Å². The molecule has 1 fully saturated rings. The molecule has 2 N–H and O–H groups in total. The molecule has 15 heavy (non-hydrogen) atoms. The predicted octanol–water partition coefficient (Wildman–Crippen LogP) is 1.47. The maximum absolute atomic E-state index is 5.96. The SMILES string of the molecule is CCOCCN(C)C(C)(CN)C1(C)CC1. The predicted molar refractivity (Wildman–Crippen MR) is 63.9 cm³/mol. The highest BCUT2D eigenvalue weighted by molar-refractivity contribution is 5.08. The third-order valence-corrected chi connectivity index (χ3v) is 4.32. The van der Waals surface area contributed by atoms with E-state index in [-0.39, 0.29) is 5.54 Å². The van der Waals surface area contributed by atoms with Gasteiger partial charge in [0.25, 0.3) is 0 Å². The maximum atomic E-state index is 5.96. The minimum Gasteiger partial charge on any atom is -0.380 e. The Labute approximate surface area is 94.0 Å². The van der Waals surface area contributed by atoms with Gasteiger partial charge >= 0.3 is 0 Å². The van der Waals surface area contributed by atoms with E-state index in [1.807, 2.05) is 6.92 Å². The van der Waals surface area contributed by atoms with E-state index in [0.29, 0.717) is 5.41 Å². The molecule has 0 aromatic rings. The molecule has 0 spiro atoms. The van der Waals surface area contributed by atoms with Gasteiger partial charge in [-0.25, -0.2) is 0 Å². The van der Waals surface area contributed by atoms with Gasteiger partial charge in [-0.2, -0.15) is 0 Å². The number of nitrogens with two attached hydrogens (primary N) is 1. The first-order valence-electron chi connectivity index (χ1n) is 5.99. The number of nitrogens with zero attached hydrogens (tertiary/aromatic N) is 1. The van der Waals surface area contributed by atoms with Crippen LogP contribution in [0.25, 0.3) is 0 Å². The van der Waals surface area contributed by atoms with Crippen molar-refractivity contribution in [3.63, 3.8) is 0 Å². The molecule has 1 aliphatic carbocycles. The summed E-state index contributed by atoms with van der Waals surface area (Å²) in [5.74, 6) is 0. The fourth-order valence-electron chi connectivity index (χ4n) is 2.18. The lowest BCUT2D eigenvalue weighted by Gasteiger charge is -2.43. The van der Waals surface area contributed by atoms with Gasteiger partial charge in [-0.3, -0.25) is 4.90 Å². The van der Waals surface area contributed by atoms with Gasteiger partial charge in [-0.05, 0) is 39.2 Å². The molecule has 3 heteroatoms. The lowest BCUT2D eigenvalue weighted by Crippen LogP contribution is -2.56. The van der Waals surface area contributed by atoms with Crippen molar-refractivity contribution in [3.8, 4) is 0 Å². The average molecular weight is 214 g/mol. The average Bonchev–Trinajstić information content (AvgIpc) is 2.97. The minimum absolute atomic E-state index is 0.129. The first kappa shape index (κ1) is 12.9. The molecule has 0 amide bonds. The van der Waals surface area contributed by atoms with E-state index in [1.54, 1.807) is 0 Å². The second kappa shape index (κ2) is 4.81. The normalized spacial score (nSPS) is 22.8. The molecule has 0 radical (unpaired) electrons. The smallest absolute Gasteiger partial charge is 0.0593 e. The highest BCUT2D eigenvalue weighted by atomic mass is 16.5. The van der Waals surface area contributed by atoms with Crippen LogP contribution in [0, 0.1) is 5.41 Å². The summed E-state index contributed by atoms with van der Waals surface area (Å²) in [6, 6.07) is 0. The van der Waals surface area contributed by atoms with E-state index >= 15 is 0 Å². The monoisotopic (exact) mass is 214 g/mol. The molecule has 0 aromatic carbocycles. The Kier molecular flexibility index (Phi) is 4.15. The van der Waals surface area contributed by atoms with E-state index in [4.69, 9.17) is 10.5 Å². The van der Waals surface area contributed by atoms with Crippen molar-refractivity contribution in [1.82, 2.24) is 4.90 Å². The van der Waals surface area contributed by atoms with Crippen LogP contribution in [0.4, 0.5) is 0 Å². The molecule has 1 aliphatic rings. The molecule has 0 bridgehead atoms. The lowest BCUT2D eigenvalue weighted by molar-refractivity contribution is 0.0383. The first-order chi connectivity index (χ1) is 7.00. The Bertz CT molecular complexity index is 204. The van der Waals surface area contributed by atoms with Crippen molar-refractivity contribution in [2.45, 2.75) is 39.2 Å². The van der Waals surface area contributed by atoms with Gasteiger partial charge < -0.3 is 10.5 Å². The molecule has 1 atom stereocenters. The number of hydrogen-bond donors (Lipinski definition) is 1. The fraction of sp³-hybridized carbons (Fsp3) is 1.00. The van der Waals surface area contributed by atoms with Crippen molar-refractivity contribution in [2.24, 2.45) is 11.1 Å². The second-order valence-electron chi connectivity index (χ2n) is 5.16. The molecular weight excluding hydrogens is 188 g/mol. The Morgan fingerprint density at radius 3 is 2.47 bits per heavy atom. The topological polar surface area (TPSA) is 38.5 Å². The van der Waals surface area contributed by atoms with Crippen LogP contribution in [-0.2, 0) is 4.74 Å². The van der Waals surface area contributed by atoms with Crippen molar-refractivity contribution in [2.75, 3.05) is 33.4 Å². The molecule has 0 heterocycles. The van der Waals surface area contributed by atoms with E-state index in [2.05, 4.69) is 25.8 Å². The van der Waals surface area contributed by atoms with Gasteiger partial charge in [0.2, 0.25) is 0 Å². The van der Waals surface area contributed by atoms with Crippen molar-refractivity contribution < 1.29 is 4.74 Å². The summed E-state index contributed by atoms with van der Waals surface area (Å²) < 4.78 is 5.39. The first-order valence-corrected chi connectivity index (χ1v) is 5.99. The van der Waals surface area contributed by atoms with Gasteiger partial charge in [-0.1, -0.05) is 6.92 Å². The Balaban J connectivity index is 2.49. The third-order valence-electron chi connectivity index (χ3n) is 4.32.